The lowest BCUT2D eigenvalue weighted by atomic mass is 9.78. The average Bonchev–Trinajstić information content (AvgIpc) is 3.49. The van der Waals surface area contributed by atoms with Crippen LogP contribution in [0, 0.1) is 6.92 Å². The van der Waals surface area contributed by atoms with Crippen molar-refractivity contribution < 1.29 is 8.42 Å². The summed E-state index contributed by atoms with van der Waals surface area (Å²) in [6.07, 6.45) is 6.46. The lowest BCUT2D eigenvalue weighted by Crippen LogP contribution is -2.22. The third-order valence-electron chi connectivity index (χ3n) is 7.96. The SMILES string of the molecule is Cc1ccccc1S(=O)(=O)Nc1ccc(C2Cc3cnc(NCCCN4CCCC4)nc3-c3ccccc32)cc1. The first kappa shape index (κ1) is 26.5. The summed E-state index contributed by atoms with van der Waals surface area (Å²) < 4.78 is 28.6. The van der Waals surface area contributed by atoms with Crippen LogP contribution >= 0.6 is 0 Å². The molecule has 40 heavy (non-hydrogen) atoms. The highest BCUT2D eigenvalue weighted by Crippen LogP contribution is 2.42. The van der Waals surface area contributed by atoms with Gasteiger partial charge in [-0.2, -0.15) is 0 Å². The maximum atomic E-state index is 12.9. The van der Waals surface area contributed by atoms with E-state index in [1.165, 1.54) is 31.5 Å². The molecule has 1 unspecified atom stereocenters. The van der Waals surface area contributed by atoms with E-state index in [1.807, 2.05) is 36.5 Å². The summed E-state index contributed by atoms with van der Waals surface area (Å²) in [5.41, 5.74) is 6.85. The summed E-state index contributed by atoms with van der Waals surface area (Å²) in [4.78, 5) is 12.4. The van der Waals surface area contributed by atoms with Crippen LogP contribution < -0.4 is 10.0 Å². The maximum Gasteiger partial charge on any atom is 0.262 e. The Morgan fingerprint density at radius 3 is 2.50 bits per heavy atom. The molecule has 8 heteroatoms. The summed E-state index contributed by atoms with van der Waals surface area (Å²) in [5.74, 6) is 0.812. The number of anilines is 2. The standard InChI is InChI=1S/C32H35N5O2S/c1-23-9-2-5-12-30(23)40(38,39)36-26-15-13-24(14-16-26)29-21-25-22-34-32(33-17-8-20-37-18-6-7-19-37)35-31(25)28-11-4-3-10-27(28)29/h2-5,9-16,22,29,36H,6-8,17-21H2,1H3,(H,33,34,35). The number of hydrogen-bond acceptors (Lipinski definition) is 6. The van der Waals surface area contributed by atoms with Crippen LogP contribution in [-0.4, -0.2) is 49.5 Å². The zero-order chi connectivity index (χ0) is 27.5. The Kier molecular flexibility index (Phi) is 7.54. The fourth-order valence-corrected chi connectivity index (χ4v) is 7.18. The minimum atomic E-state index is -3.66. The van der Waals surface area contributed by atoms with Gasteiger partial charge in [0.1, 0.15) is 0 Å². The molecule has 6 rings (SSSR count). The number of nitrogens with zero attached hydrogens (tertiary/aromatic N) is 3. The molecule has 1 fully saturated rings. The molecule has 1 saturated heterocycles. The van der Waals surface area contributed by atoms with E-state index in [-0.39, 0.29) is 10.8 Å². The number of sulfonamides is 1. The Bertz CT molecular complexity index is 1600. The molecular weight excluding hydrogens is 518 g/mol. The summed E-state index contributed by atoms with van der Waals surface area (Å²) >= 11 is 0. The van der Waals surface area contributed by atoms with Crippen LogP contribution in [-0.2, 0) is 16.4 Å². The van der Waals surface area contributed by atoms with E-state index in [9.17, 15) is 8.42 Å². The van der Waals surface area contributed by atoms with Crippen LogP contribution in [0.1, 0.15) is 47.4 Å². The van der Waals surface area contributed by atoms with Crippen LogP contribution in [0.25, 0.3) is 11.3 Å². The van der Waals surface area contributed by atoms with Gasteiger partial charge in [0.25, 0.3) is 10.0 Å². The van der Waals surface area contributed by atoms with Gasteiger partial charge in [-0.25, -0.2) is 18.4 Å². The molecule has 0 bridgehead atoms. The van der Waals surface area contributed by atoms with E-state index in [0.717, 1.165) is 48.3 Å². The van der Waals surface area contributed by atoms with Gasteiger partial charge >= 0.3 is 0 Å². The van der Waals surface area contributed by atoms with Crippen molar-refractivity contribution in [2.75, 3.05) is 36.2 Å². The number of hydrogen-bond donors (Lipinski definition) is 2. The third kappa shape index (κ3) is 5.60. The predicted molar refractivity (Wildman–Crippen MR) is 160 cm³/mol. The molecule has 1 aromatic heterocycles. The van der Waals surface area contributed by atoms with Gasteiger partial charge in [0, 0.05) is 29.9 Å². The van der Waals surface area contributed by atoms with Crippen molar-refractivity contribution in [2.24, 2.45) is 0 Å². The molecule has 1 atom stereocenters. The van der Waals surface area contributed by atoms with E-state index in [1.54, 1.807) is 25.1 Å². The van der Waals surface area contributed by atoms with Gasteiger partial charge in [-0.1, -0.05) is 54.6 Å². The number of aromatic nitrogens is 2. The Balaban J connectivity index is 1.18. The van der Waals surface area contributed by atoms with Crippen molar-refractivity contribution >= 4 is 21.7 Å². The van der Waals surface area contributed by atoms with Gasteiger partial charge < -0.3 is 10.2 Å². The molecule has 1 aliphatic heterocycles. The van der Waals surface area contributed by atoms with E-state index in [4.69, 9.17) is 4.98 Å². The first-order chi connectivity index (χ1) is 19.5. The molecule has 0 saturated carbocycles. The van der Waals surface area contributed by atoms with Crippen LogP contribution in [0.4, 0.5) is 11.6 Å². The van der Waals surface area contributed by atoms with Crippen molar-refractivity contribution in [3.63, 3.8) is 0 Å². The van der Waals surface area contributed by atoms with Crippen molar-refractivity contribution in [2.45, 2.75) is 43.4 Å². The quantitative estimate of drug-likeness (QED) is 0.253. The van der Waals surface area contributed by atoms with Gasteiger partial charge in [-0.3, -0.25) is 4.72 Å². The fraction of sp³-hybridized carbons (Fsp3) is 0.312. The second-order valence-corrected chi connectivity index (χ2v) is 12.4. The zero-order valence-corrected chi connectivity index (χ0v) is 23.6. The topological polar surface area (TPSA) is 87.2 Å². The minimum absolute atomic E-state index is 0.133. The van der Waals surface area contributed by atoms with E-state index in [0.29, 0.717) is 17.2 Å². The number of benzene rings is 3. The Hall–Kier alpha value is -3.75. The van der Waals surface area contributed by atoms with Gasteiger partial charge in [0.05, 0.1) is 10.6 Å². The van der Waals surface area contributed by atoms with E-state index < -0.39 is 10.0 Å². The molecule has 7 nitrogen and oxygen atoms in total. The van der Waals surface area contributed by atoms with Gasteiger partial charge in [-0.15, -0.1) is 0 Å². The summed E-state index contributed by atoms with van der Waals surface area (Å²) in [5, 5.41) is 3.43. The lowest BCUT2D eigenvalue weighted by Gasteiger charge is -2.27. The van der Waals surface area contributed by atoms with Crippen molar-refractivity contribution in [1.82, 2.24) is 14.9 Å². The average molecular weight is 554 g/mol. The molecule has 2 heterocycles. The Morgan fingerprint density at radius 2 is 1.70 bits per heavy atom. The summed E-state index contributed by atoms with van der Waals surface area (Å²) in [7, 11) is -3.66. The Morgan fingerprint density at radius 1 is 0.950 bits per heavy atom. The summed E-state index contributed by atoms with van der Waals surface area (Å²) in [6.45, 7) is 6.22. The first-order valence-corrected chi connectivity index (χ1v) is 15.6. The van der Waals surface area contributed by atoms with Crippen molar-refractivity contribution in [3.8, 4) is 11.3 Å². The first-order valence-electron chi connectivity index (χ1n) is 14.1. The zero-order valence-electron chi connectivity index (χ0n) is 22.8. The van der Waals surface area contributed by atoms with Gasteiger partial charge in [0.15, 0.2) is 0 Å². The van der Waals surface area contributed by atoms with Crippen molar-refractivity contribution in [1.29, 1.82) is 0 Å². The third-order valence-corrected chi connectivity index (χ3v) is 9.50. The van der Waals surface area contributed by atoms with E-state index in [2.05, 4.69) is 44.2 Å². The minimum Gasteiger partial charge on any atom is -0.354 e. The van der Waals surface area contributed by atoms with Crippen molar-refractivity contribution in [3.05, 3.63) is 101 Å². The second kappa shape index (κ2) is 11.4. The number of aryl methyl sites for hydroxylation is 1. The smallest absolute Gasteiger partial charge is 0.262 e. The predicted octanol–water partition coefficient (Wildman–Crippen LogP) is 5.84. The molecule has 0 amide bonds. The van der Waals surface area contributed by atoms with E-state index >= 15 is 0 Å². The second-order valence-electron chi connectivity index (χ2n) is 10.7. The molecule has 2 N–H and O–H groups in total. The number of likely N-dealkylation sites (tertiary alicyclic amines) is 1. The lowest BCUT2D eigenvalue weighted by molar-refractivity contribution is 0.337. The van der Waals surface area contributed by atoms with Crippen LogP contribution in [0.5, 0.6) is 0 Å². The monoisotopic (exact) mass is 553 g/mol. The largest absolute Gasteiger partial charge is 0.354 e. The molecule has 4 aromatic rings. The molecule has 0 spiro atoms. The van der Waals surface area contributed by atoms with Gasteiger partial charge in [0.2, 0.25) is 5.95 Å². The number of nitrogens with one attached hydrogen (secondary N) is 2. The maximum absolute atomic E-state index is 12.9. The number of fused-ring (bicyclic) bond motifs is 3. The molecule has 2 aliphatic rings. The van der Waals surface area contributed by atoms with Gasteiger partial charge in [-0.05, 0) is 92.7 Å². The Labute approximate surface area is 236 Å². The van der Waals surface area contributed by atoms with Crippen LogP contribution in [0.15, 0.2) is 83.9 Å². The fourth-order valence-electron chi connectivity index (χ4n) is 5.88. The van der Waals surface area contributed by atoms with Crippen LogP contribution in [0.2, 0.25) is 0 Å². The summed E-state index contributed by atoms with van der Waals surface area (Å²) in [6, 6.07) is 23.1. The molecule has 1 aliphatic carbocycles. The van der Waals surface area contributed by atoms with Crippen LogP contribution in [0.3, 0.4) is 0 Å². The highest BCUT2D eigenvalue weighted by molar-refractivity contribution is 7.92. The highest BCUT2D eigenvalue weighted by Gasteiger charge is 2.27. The number of rotatable bonds is 9. The molecule has 3 aromatic carbocycles. The highest BCUT2D eigenvalue weighted by atomic mass is 32.2. The molecular formula is C32H35N5O2S. The molecule has 0 radical (unpaired) electrons. The normalized spacial score (nSPS) is 16.8. The molecule has 206 valence electrons.